The molecule has 1 rings (SSSR count). The van der Waals surface area contributed by atoms with E-state index in [-0.39, 0.29) is 5.56 Å². The second-order valence-electron chi connectivity index (χ2n) is 3.34. The lowest BCUT2D eigenvalue weighted by atomic mass is 9.70. The molecule has 2 radical (unpaired) electrons. The Morgan fingerprint density at radius 3 is 2.38 bits per heavy atom. The van der Waals surface area contributed by atoms with Crippen molar-refractivity contribution in [2.45, 2.75) is 11.5 Å². The molecule has 1 aromatic carbocycles. The maximum Gasteiger partial charge on any atom is 0.322 e. The van der Waals surface area contributed by atoms with Crippen LogP contribution in [0.25, 0.3) is 0 Å². The zero-order valence-electron chi connectivity index (χ0n) is 8.16. The zero-order chi connectivity index (χ0) is 12.5. The van der Waals surface area contributed by atoms with Gasteiger partial charge in [-0.05, 0) is 17.7 Å². The number of carboxylic acids is 1. The average molecular weight is 223 g/mol. The van der Waals surface area contributed by atoms with Gasteiger partial charge in [0.25, 0.3) is 0 Å². The van der Waals surface area contributed by atoms with Crippen LogP contribution < -0.4 is 5.73 Å². The van der Waals surface area contributed by atoms with E-state index in [1.54, 1.807) is 0 Å². The number of hydrogen-bond acceptors (Lipinski definition) is 5. The van der Waals surface area contributed by atoms with Gasteiger partial charge < -0.3 is 26.2 Å². The summed E-state index contributed by atoms with van der Waals surface area (Å²) < 4.78 is 0. The highest BCUT2D eigenvalue weighted by Crippen LogP contribution is 2.30. The highest BCUT2D eigenvalue weighted by Gasteiger charge is 2.35. The van der Waals surface area contributed by atoms with Crippen molar-refractivity contribution in [2.75, 3.05) is 0 Å². The summed E-state index contributed by atoms with van der Waals surface area (Å²) in [6, 6.07) is 1.42. The normalized spacial score (nSPS) is 16.4. The van der Waals surface area contributed by atoms with E-state index in [1.807, 2.05) is 0 Å². The third kappa shape index (κ3) is 2.10. The standard InChI is InChI=1S/C9H10BNO5/c10-9(16,7(11)8(14)15)4-1-2-5(12)6(13)3-4/h1-3,7,12-13,16H,11H2,(H,14,15)/t7-,9-/m1/s1. The molecule has 0 spiro atoms. The Balaban J connectivity index is 3.16. The van der Waals surface area contributed by atoms with Crippen LogP contribution in [0.1, 0.15) is 5.56 Å². The minimum atomic E-state index is -2.34. The van der Waals surface area contributed by atoms with Crippen LogP contribution >= 0.6 is 0 Å². The SMILES string of the molecule is [B][C@@](O)(c1ccc(O)c(O)c1)[C@H](N)C(=O)O. The van der Waals surface area contributed by atoms with Crippen LogP contribution in [-0.2, 0) is 10.3 Å². The van der Waals surface area contributed by atoms with Gasteiger partial charge in [-0.25, -0.2) is 0 Å². The topological polar surface area (TPSA) is 124 Å². The fraction of sp³-hybridized carbons (Fsp3) is 0.222. The zero-order valence-corrected chi connectivity index (χ0v) is 8.16. The van der Waals surface area contributed by atoms with Crippen molar-refractivity contribution < 1.29 is 25.2 Å². The summed E-state index contributed by atoms with van der Waals surface area (Å²) in [7, 11) is 5.36. The molecule has 6 nitrogen and oxygen atoms in total. The Labute approximate surface area is 92.4 Å². The molecule has 0 heterocycles. The van der Waals surface area contributed by atoms with Gasteiger partial charge in [-0.15, -0.1) is 0 Å². The van der Waals surface area contributed by atoms with E-state index in [0.29, 0.717) is 0 Å². The fourth-order valence-electron chi connectivity index (χ4n) is 1.14. The van der Waals surface area contributed by atoms with E-state index in [1.165, 1.54) is 0 Å². The van der Waals surface area contributed by atoms with Gasteiger partial charge in [0.2, 0.25) is 0 Å². The predicted octanol–water partition coefficient (Wildman–Crippen LogP) is -1.18. The smallest absolute Gasteiger partial charge is 0.322 e. The first-order valence-corrected chi connectivity index (χ1v) is 4.29. The number of rotatable bonds is 3. The molecule has 7 heteroatoms. The van der Waals surface area contributed by atoms with E-state index in [2.05, 4.69) is 0 Å². The number of phenolic OH excluding ortho intramolecular Hbond substituents is 2. The quantitative estimate of drug-likeness (QED) is 0.324. The summed E-state index contributed by atoms with van der Waals surface area (Å²) in [6.07, 6.45) is 0. The van der Waals surface area contributed by atoms with Gasteiger partial charge in [0.15, 0.2) is 11.5 Å². The third-order valence-corrected chi connectivity index (χ3v) is 2.18. The molecule has 2 atom stereocenters. The monoisotopic (exact) mass is 223 g/mol. The molecular weight excluding hydrogens is 213 g/mol. The summed E-state index contributed by atoms with van der Waals surface area (Å²) in [5.74, 6) is -2.43. The van der Waals surface area contributed by atoms with Gasteiger partial charge in [0, 0.05) is 0 Å². The van der Waals surface area contributed by atoms with Crippen molar-refractivity contribution >= 4 is 13.8 Å². The number of carbonyl (C=O) groups is 1. The summed E-state index contributed by atoms with van der Waals surface area (Å²) in [4.78, 5) is 10.6. The first kappa shape index (κ1) is 12.3. The minimum absolute atomic E-state index is 0.113. The van der Waals surface area contributed by atoms with Crippen molar-refractivity contribution in [3.8, 4) is 11.5 Å². The van der Waals surface area contributed by atoms with E-state index in [9.17, 15) is 15.0 Å². The third-order valence-electron chi connectivity index (χ3n) is 2.18. The van der Waals surface area contributed by atoms with Crippen LogP contribution in [0.3, 0.4) is 0 Å². The lowest BCUT2D eigenvalue weighted by Crippen LogP contribution is -2.51. The maximum absolute atomic E-state index is 10.6. The molecule has 84 valence electrons. The maximum atomic E-state index is 10.6. The Hall–Kier alpha value is -1.73. The lowest BCUT2D eigenvalue weighted by molar-refractivity contribution is -0.142. The lowest BCUT2D eigenvalue weighted by Gasteiger charge is -2.28. The van der Waals surface area contributed by atoms with Crippen LogP contribution in [0.15, 0.2) is 18.2 Å². The van der Waals surface area contributed by atoms with Gasteiger partial charge in [-0.1, -0.05) is 6.07 Å². The minimum Gasteiger partial charge on any atom is -0.504 e. The Kier molecular flexibility index (Phi) is 3.11. The van der Waals surface area contributed by atoms with Gasteiger partial charge in [-0.2, -0.15) is 0 Å². The summed E-state index contributed by atoms with van der Waals surface area (Å²) >= 11 is 0. The van der Waals surface area contributed by atoms with Crippen molar-refractivity contribution in [2.24, 2.45) is 5.73 Å². The molecule has 0 amide bonds. The molecule has 16 heavy (non-hydrogen) atoms. The van der Waals surface area contributed by atoms with Crippen molar-refractivity contribution in [1.29, 1.82) is 0 Å². The van der Waals surface area contributed by atoms with Crippen LogP contribution in [0, 0.1) is 0 Å². The average Bonchev–Trinajstić information content (AvgIpc) is 2.20. The summed E-state index contributed by atoms with van der Waals surface area (Å²) in [6.45, 7) is 0. The van der Waals surface area contributed by atoms with E-state index in [4.69, 9.17) is 23.8 Å². The largest absolute Gasteiger partial charge is 0.504 e. The molecule has 0 bridgehead atoms. The summed E-state index contributed by atoms with van der Waals surface area (Å²) in [5.41, 5.74) is 2.75. The van der Waals surface area contributed by atoms with Crippen LogP contribution in [0.2, 0.25) is 0 Å². The molecule has 0 aliphatic carbocycles. The molecule has 0 aliphatic heterocycles. The molecule has 0 aromatic heterocycles. The number of nitrogens with two attached hydrogens (primary N) is 1. The molecule has 0 unspecified atom stereocenters. The number of aromatic hydroxyl groups is 2. The summed E-state index contributed by atoms with van der Waals surface area (Å²) in [5, 5.41) is 36.6. The molecular formula is C9H10BNO5. The van der Waals surface area contributed by atoms with E-state index < -0.39 is 29.0 Å². The Morgan fingerprint density at radius 2 is 1.94 bits per heavy atom. The van der Waals surface area contributed by atoms with Gasteiger partial charge in [0.05, 0.1) is 5.50 Å². The molecule has 0 saturated heterocycles. The van der Waals surface area contributed by atoms with Crippen molar-refractivity contribution in [1.82, 2.24) is 0 Å². The number of carboxylic acid groups (broad SMARTS) is 1. The van der Waals surface area contributed by atoms with Crippen molar-refractivity contribution in [3.63, 3.8) is 0 Å². The molecule has 0 fully saturated rings. The molecule has 0 saturated carbocycles. The second kappa shape index (κ2) is 4.03. The number of hydrogen-bond donors (Lipinski definition) is 5. The Bertz CT molecular complexity index is 420. The highest BCUT2D eigenvalue weighted by molar-refractivity contribution is 6.17. The predicted molar refractivity (Wildman–Crippen MR) is 55.0 cm³/mol. The molecule has 6 N–H and O–H groups in total. The van der Waals surface area contributed by atoms with Gasteiger partial charge >= 0.3 is 5.97 Å². The highest BCUT2D eigenvalue weighted by atomic mass is 16.4. The van der Waals surface area contributed by atoms with E-state index in [0.717, 1.165) is 18.2 Å². The second-order valence-corrected chi connectivity index (χ2v) is 3.34. The number of aliphatic hydroxyl groups is 1. The first-order chi connectivity index (χ1) is 7.26. The van der Waals surface area contributed by atoms with E-state index >= 15 is 0 Å². The molecule has 0 aliphatic rings. The van der Waals surface area contributed by atoms with Crippen LogP contribution in [0.5, 0.6) is 11.5 Å². The van der Waals surface area contributed by atoms with Crippen LogP contribution in [0.4, 0.5) is 0 Å². The number of benzene rings is 1. The number of phenols is 2. The Morgan fingerprint density at radius 1 is 1.38 bits per heavy atom. The van der Waals surface area contributed by atoms with Gasteiger partial charge in [0.1, 0.15) is 13.9 Å². The first-order valence-electron chi connectivity index (χ1n) is 4.29. The number of aliphatic carboxylic acids is 1. The van der Waals surface area contributed by atoms with Crippen molar-refractivity contribution in [3.05, 3.63) is 23.8 Å². The fourth-order valence-corrected chi connectivity index (χ4v) is 1.14. The molecule has 1 aromatic rings. The van der Waals surface area contributed by atoms with Crippen LogP contribution in [-0.4, -0.2) is 40.3 Å². The van der Waals surface area contributed by atoms with Gasteiger partial charge in [-0.3, -0.25) is 4.79 Å².